The first-order chi connectivity index (χ1) is 10.7. The Kier molecular flexibility index (Phi) is 4.83. The predicted octanol–water partition coefficient (Wildman–Crippen LogP) is 2.91. The number of aryl methyl sites for hydroxylation is 1. The minimum atomic E-state index is -0.704. The lowest BCUT2D eigenvalue weighted by molar-refractivity contribution is 0.0635. The zero-order chi connectivity index (χ0) is 17.0. The molecule has 0 radical (unpaired) electrons. The number of aromatic nitrogens is 3. The maximum Gasteiger partial charge on any atom is 0.412 e. The Morgan fingerprint density at radius 3 is 2.74 bits per heavy atom. The summed E-state index contributed by atoms with van der Waals surface area (Å²) >= 11 is 0. The molecule has 1 aromatic carbocycles. The summed E-state index contributed by atoms with van der Waals surface area (Å²) in [7, 11) is 1.78. The number of nitrogens with one attached hydrogen (secondary N) is 2. The lowest BCUT2D eigenvalue weighted by atomic mass is 10.2. The van der Waals surface area contributed by atoms with Crippen LogP contribution >= 0.6 is 0 Å². The van der Waals surface area contributed by atoms with Gasteiger partial charge in [0.25, 0.3) is 0 Å². The molecule has 0 aliphatic rings. The van der Waals surface area contributed by atoms with Crippen LogP contribution < -0.4 is 10.6 Å². The van der Waals surface area contributed by atoms with E-state index in [0.717, 1.165) is 5.69 Å². The van der Waals surface area contributed by atoms with Crippen molar-refractivity contribution in [1.82, 2.24) is 15.0 Å². The van der Waals surface area contributed by atoms with Crippen molar-refractivity contribution < 1.29 is 13.9 Å². The summed E-state index contributed by atoms with van der Waals surface area (Å²) in [6, 6.07) is 4.36. The Labute approximate surface area is 133 Å². The van der Waals surface area contributed by atoms with Gasteiger partial charge < -0.3 is 10.1 Å². The normalized spacial score (nSPS) is 11.2. The van der Waals surface area contributed by atoms with E-state index in [0.29, 0.717) is 12.2 Å². The van der Waals surface area contributed by atoms with Crippen LogP contribution in [-0.2, 0) is 18.3 Å². The summed E-state index contributed by atoms with van der Waals surface area (Å²) in [5.41, 5.74) is 0.921. The lowest BCUT2D eigenvalue weighted by Gasteiger charge is -2.20. The molecule has 1 amide bonds. The second-order valence-corrected chi connectivity index (χ2v) is 6.02. The number of nitrogens with zero attached hydrogens (tertiary/aromatic N) is 3. The Balaban J connectivity index is 2.03. The third-order valence-corrected chi connectivity index (χ3v) is 2.88. The number of rotatable bonds is 4. The molecule has 0 saturated carbocycles. The first-order valence-corrected chi connectivity index (χ1v) is 7.11. The molecule has 0 fully saturated rings. The molecular weight excluding hydrogens is 301 g/mol. The first kappa shape index (κ1) is 16.7. The summed E-state index contributed by atoms with van der Waals surface area (Å²) < 4.78 is 20.6. The number of carbonyl (C=O) groups is 1. The van der Waals surface area contributed by atoms with Crippen LogP contribution in [-0.4, -0.2) is 26.7 Å². The second kappa shape index (κ2) is 6.64. The molecule has 0 atom stereocenters. The fraction of sp³-hybridized carbons (Fsp3) is 0.400. The van der Waals surface area contributed by atoms with Crippen LogP contribution in [0.15, 0.2) is 24.4 Å². The summed E-state index contributed by atoms with van der Waals surface area (Å²) in [5, 5.41) is 13.1. The van der Waals surface area contributed by atoms with Gasteiger partial charge in [0.15, 0.2) is 0 Å². The molecule has 2 aromatic rings. The van der Waals surface area contributed by atoms with Crippen LogP contribution in [0, 0.1) is 5.82 Å². The molecule has 2 N–H and O–H groups in total. The highest BCUT2D eigenvalue weighted by Gasteiger charge is 2.17. The fourth-order valence-electron chi connectivity index (χ4n) is 1.81. The van der Waals surface area contributed by atoms with E-state index in [1.165, 1.54) is 12.1 Å². The van der Waals surface area contributed by atoms with Gasteiger partial charge in [-0.3, -0.25) is 10.00 Å². The van der Waals surface area contributed by atoms with Crippen LogP contribution in [0.4, 0.5) is 20.6 Å². The molecular formula is C15H20FN5O2. The molecule has 1 aromatic heterocycles. The average Bonchev–Trinajstić information content (AvgIpc) is 2.83. The SMILES string of the molecule is Cn1nncc1CNc1ccc(F)c(NC(=O)OC(C)(C)C)c1. The minimum Gasteiger partial charge on any atom is -0.444 e. The molecule has 7 nitrogen and oxygen atoms in total. The topological polar surface area (TPSA) is 81.1 Å². The van der Waals surface area contributed by atoms with Gasteiger partial charge in [-0.2, -0.15) is 0 Å². The number of amides is 1. The molecule has 2 rings (SSSR count). The van der Waals surface area contributed by atoms with Gasteiger partial charge in [0.05, 0.1) is 24.1 Å². The number of ether oxygens (including phenoxy) is 1. The predicted molar refractivity (Wildman–Crippen MR) is 84.6 cm³/mol. The molecule has 0 spiro atoms. The molecule has 0 unspecified atom stereocenters. The van der Waals surface area contributed by atoms with Gasteiger partial charge in [0.2, 0.25) is 0 Å². The van der Waals surface area contributed by atoms with Crippen LogP contribution in [0.5, 0.6) is 0 Å². The van der Waals surface area contributed by atoms with Gasteiger partial charge in [0.1, 0.15) is 11.4 Å². The van der Waals surface area contributed by atoms with Crippen molar-refractivity contribution >= 4 is 17.5 Å². The van der Waals surface area contributed by atoms with Gasteiger partial charge in [-0.25, -0.2) is 9.18 Å². The van der Waals surface area contributed by atoms with E-state index in [1.54, 1.807) is 44.8 Å². The molecule has 8 heteroatoms. The Morgan fingerprint density at radius 1 is 1.39 bits per heavy atom. The van der Waals surface area contributed by atoms with E-state index in [2.05, 4.69) is 20.9 Å². The van der Waals surface area contributed by atoms with Crippen LogP contribution in [0.1, 0.15) is 26.5 Å². The molecule has 0 aliphatic carbocycles. The fourth-order valence-corrected chi connectivity index (χ4v) is 1.81. The smallest absolute Gasteiger partial charge is 0.412 e. The van der Waals surface area contributed by atoms with E-state index >= 15 is 0 Å². The first-order valence-electron chi connectivity index (χ1n) is 7.11. The number of hydrogen-bond acceptors (Lipinski definition) is 5. The van der Waals surface area contributed by atoms with Crippen molar-refractivity contribution in [3.63, 3.8) is 0 Å². The summed E-state index contributed by atoms with van der Waals surface area (Å²) in [5.74, 6) is -0.538. The minimum absolute atomic E-state index is 0.0485. The summed E-state index contributed by atoms with van der Waals surface area (Å²) in [6.07, 6.45) is 0.931. The third kappa shape index (κ3) is 4.94. The highest BCUT2D eigenvalue weighted by atomic mass is 19.1. The number of anilines is 2. The Bertz CT molecular complexity index is 693. The van der Waals surface area contributed by atoms with Crippen molar-refractivity contribution in [2.75, 3.05) is 10.6 Å². The maximum absolute atomic E-state index is 13.8. The van der Waals surface area contributed by atoms with Crippen molar-refractivity contribution in [3.8, 4) is 0 Å². The standard InChI is InChI=1S/C15H20FN5O2/c1-15(2,3)23-14(22)19-13-7-10(5-6-12(13)16)17-8-11-9-18-20-21(11)4/h5-7,9,17H,8H2,1-4H3,(H,19,22). The van der Waals surface area contributed by atoms with Gasteiger partial charge in [-0.05, 0) is 39.0 Å². The lowest BCUT2D eigenvalue weighted by Crippen LogP contribution is -2.27. The number of hydrogen-bond donors (Lipinski definition) is 2. The number of carbonyl (C=O) groups excluding carboxylic acids is 1. The molecule has 0 saturated heterocycles. The Hall–Kier alpha value is -2.64. The largest absolute Gasteiger partial charge is 0.444 e. The Morgan fingerprint density at radius 2 is 2.13 bits per heavy atom. The van der Waals surface area contributed by atoms with E-state index in [-0.39, 0.29) is 5.69 Å². The highest BCUT2D eigenvalue weighted by molar-refractivity contribution is 5.85. The van der Waals surface area contributed by atoms with Crippen molar-refractivity contribution in [1.29, 1.82) is 0 Å². The van der Waals surface area contributed by atoms with E-state index in [1.807, 2.05) is 0 Å². The molecule has 1 heterocycles. The quantitative estimate of drug-likeness (QED) is 0.905. The van der Waals surface area contributed by atoms with Gasteiger partial charge in [0, 0.05) is 12.7 Å². The van der Waals surface area contributed by atoms with Gasteiger partial charge in [-0.1, -0.05) is 5.21 Å². The maximum atomic E-state index is 13.8. The second-order valence-electron chi connectivity index (χ2n) is 6.02. The van der Waals surface area contributed by atoms with E-state index < -0.39 is 17.5 Å². The number of halogens is 1. The van der Waals surface area contributed by atoms with Crippen LogP contribution in [0.2, 0.25) is 0 Å². The molecule has 23 heavy (non-hydrogen) atoms. The van der Waals surface area contributed by atoms with Crippen LogP contribution in [0.3, 0.4) is 0 Å². The molecule has 124 valence electrons. The summed E-state index contributed by atoms with van der Waals surface area (Å²) in [6.45, 7) is 5.69. The number of benzene rings is 1. The van der Waals surface area contributed by atoms with Crippen molar-refractivity contribution in [3.05, 3.63) is 35.9 Å². The third-order valence-electron chi connectivity index (χ3n) is 2.88. The van der Waals surface area contributed by atoms with Crippen molar-refractivity contribution in [2.24, 2.45) is 7.05 Å². The zero-order valence-corrected chi connectivity index (χ0v) is 13.6. The van der Waals surface area contributed by atoms with E-state index in [9.17, 15) is 9.18 Å². The van der Waals surface area contributed by atoms with E-state index in [4.69, 9.17) is 4.74 Å². The highest BCUT2D eigenvalue weighted by Crippen LogP contribution is 2.21. The van der Waals surface area contributed by atoms with Crippen LogP contribution in [0.25, 0.3) is 0 Å². The van der Waals surface area contributed by atoms with Crippen molar-refractivity contribution in [2.45, 2.75) is 32.9 Å². The summed E-state index contributed by atoms with van der Waals surface area (Å²) in [4.78, 5) is 11.7. The molecule has 0 aliphatic heterocycles. The average molecular weight is 321 g/mol. The molecule has 0 bridgehead atoms. The van der Waals surface area contributed by atoms with Gasteiger partial charge >= 0.3 is 6.09 Å². The van der Waals surface area contributed by atoms with Gasteiger partial charge in [-0.15, -0.1) is 5.10 Å². The monoisotopic (exact) mass is 321 g/mol. The zero-order valence-electron chi connectivity index (χ0n) is 13.6.